The van der Waals surface area contributed by atoms with E-state index in [-0.39, 0.29) is 11.5 Å². The number of nitrogens with two attached hydrogens (primary N) is 1. The molecule has 0 saturated heterocycles. The lowest BCUT2D eigenvalue weighted by molar-refractivity contribution is 0.337. The number of hydrogen-bond donors (Lipinski definition) is 5. The third-order valence-corrected chi connectivity index (χ3v) is 5.73. The minimum absolute atomic E-state index is 0.210. The Kier molecular flexibility index (Phi) is 5.55. The van der Waals surface area contributed by atoms with Crippen LogP contribution in [0.1, 0.15) is 48.8 Å². The van der Waals surface area contributed by atoms with Crippen LogP contribution in [0.25, 0.3) is 11.1 Å². The van der Waals surface area contributed by atoms with Crippen LogP contribution >= 0.6 is 0 Å². The number of H-pyrrole nitrogens is 1. The van der Waals surface area contributed by atoms with Gasteiger partial charge in [0.2, 0.25) is 0 Å². The Balaban J connectivity index is 1.55. The molecule has 2 aromatic carbocycles. The maximum absolute atomic E-state index is 13.9. The van der Waals surface area contributed by atoms with Crippen molar-refractivity contribution in [2.24, 2.45) is 0 Å². The quantitative estimate of drug-likeness (QED) is 0.300. The van der Waals surface area contributed by atoms with Gasteiger partial charge in [-0.1, -0.05) is 25.5 Å². The molecule has 1 aliphatic carbocycles. The molecule has 0 bridgehead atoms. The highest BCUT2D eigenvalue weighted by Gasteiger charge is 2.18. The third kappa shape index (κ3) is 3.93. The van der Waals surface area contributed by atoms with Crippen molar-refractivity contribution in [3.05, 3.63) is 65.0 Å². The molecule has 0 atom stereocenters. The van der Waals surface area contributed by atoms with Gasteiger partial charge in [0.25, 0.3) is 0 Å². The molecule has 30 heavy (non-hydrogen) atoms. The van der Waals surface area contributed by atoms with Gasteiger partial charge in [0.15, 0.2) is 17.4 Å². The summed E-state index contributed by atoms with van der Waals surface area (Å²) in [6.45, 7) is 2.62. The zero-order chi connectivity index (χ0) is 21.3. The zero-order valence-corrected chi connectivity index (χ0v) is 16.9. The molecule has 0 amide bonds. The number of nitrogens with zero attached hydrogens (tertiary/aromatic N) is 1. The average Bonchev–Trinajstić information content (AvgIpc) is 3.17. The molecule has 0 aliphatic heterocycles. The van der Waals surface area contributed by atoms with Crippen molar-refractivity contribution in [2.75, 3.05) is 5.73 Å². The first kappa shape index (κ1) is 20.1. The zero-order valence-electron chi connectivity index (χ0n) is 16.9. The summed E-state index contributed by atoms with van der Waals surface area (Å²) in [6.07, 6.45) is 6.15. The minimum atomic E-state index is -0.670. The van der Waals surface area contributed by atoms with E-state index in [2.05, 4.69) is 15.3 Å². The molecule has 1 aliphatic rings. The summed E-state index contributed by atoms with van der Waals surface area (Å²) in [5.74, 6) is -0.566. The first-order valence-corrected chi connectivity index (χ1v) is 10.2. The fourth-order valence-electron chi connectivity index (χ4n) is 3.69. The van der Waals surface area contributed by atoms with E-state index in [1.54, 1.807) is 12.1 Å². The average molecular weight is 407 g/mol. The van der Waals surface area contributed by atoms with Crippen molar-refractivity contribution in [3.63, 3.8) is 0 Å². The summed E-state index contributed by atoms with van der Waals surface area (Å²) in [6, 6.07) is 8.64. The van der Waals surface area contributed by atoms with Crippen LogP contribution in [0.2, 0.25) is 0 Å². The number of aromatic nitrogens is 2. The molecule has 0 radical (unpaired) electrons. The summed E-state index contributed by atoms with van der Waals surface area (Å²) in [7, 11) is 0. The van der Waals surface area contributed by atoms with Crippen LogP contribution in [0.4, 0.5) is 10.1 Å². The molecule has 1 saturated carbocycles. The third-order valence-electron chi connectivity index (χ3n) is 5.73. The second-order valence-electron chi connectivity index (χ2n) is 7.74. The fraction of sp³-hybridized carbons (Fsp3) is 0.304. The Hall–Kier alpha value is -3.19. The molecular formula is C23H26FN5O. The van der Waals surface area contributed by atoms with Crippen molar-refractivity contribution < 1.29 is 9.50 Å². The van der Waals surface area contributed by atoms with E-state index < -0.39 is 5.82 Å². The Labute approximate surface area is 174 Å². The number of phenolic OH excluding ortho intramolecular Hbond substituents is 1. The van der Waals surface area contributed by atoms with Crippen molar-refractivity contribution in [1.82, 2.24) is 15.3 Å². The Morgan fingerprint density at radius 2 is 2.13 bits per heavy atom. The molecule has 4 rings (SSSR count). The highest BCUT2D eigenvalue weighted by molar-refractivity contribution is 6.12. The number of aromatic amines is 1. The van der Waals surface area contributed by atoms with Gasteiger partial charge in [-0.05, 0) is 54.2 Å². The first-order valence-electron chi connectivity index (χ1n) is 10.2. The first-order chi connectivity index (χ1) is 14.5. The number of aromatic hydroxyl groups is 1. The lowest BCUT2D eigenvalue weighted by Crippen LogP contribution is -2.34. The Bertz CT molecular complexity index is 1090. The van der Waals surface area contributed by atoms with Crippen molar-refractivity contribution in [1.29, 1.82) is 5.41 Å². The summed E-state index contributed by atoms with van der Waals surface area (Å²) < 4.78 is 13.9. The normalized spacial score (nSPS) is 13.9. The second-order valence-corrected chi connectivity index (χ2v) is 7.74. The molecule has 3 aromatic rings. The van der Waals surface area contributed by atoms with Crippen LogP contribution < -0.4 is 11.1 Å². The Morgan fingerprint density at radius 3 is 2.80 bits per heavy atom. The predicted octanol–water partition coefficient (Wildman–Crippen LogP) is 4.12. The van der Waals surface area contributed by atoms with Gasteiger partial charge in [-0.2, -0.15) is 0 Å². The number of rotatable bonds is 7. The standard InChI is InChI=1S/C23H26FN5O/c1-2-13-9-21(30)19(24)10-18(13)14-6-7-17(20(25)8-14)22(26)23-28-12-16(29-23)11-27-15-4-3-5-15/h6-10,12,15,26-27,30H,2-5,11,25H2,1H3,(H,28,29). The van der Waals surface area contributed by atoms with Gasteiger partial charge in [-0.3, -0.25) is 5.41 Å². The highest BCUT2D eigenvalue weighted by Crippen LogP contribution is 2.32. The molecule has 6 N–H and O–H groups in total. The van der Waals surface area contributed by atoms with E-state index in [0.29, 0.717) is 41.6 Å². The van der Waals surface area contributed by atoms with Crippen LogP contribution in [-0.2, 0) is 13.0 Å². The van der Waals surface area contributed by atoms with E-state index in [0.717, 1.165) is 16.8 Å². The molecule has 0 spiro atoms. The monoisotopic (exact) mass is 407 g/mol. The molecule has 7 heteroatoms. The summed E-state index contributed by atoms with van der Waals surface area (Å²) in [5, 5.41) is 21.6. The summed E-state index contributed by atoms with van der Waals surface area (Å²) in [5.41, 5.74) is 10.5. The minimum Gasteiger partial charge on any atom is -0.505 e. The van der Waals surface area contributed by atoms with Crippen molar-refractivity contribution >= 4 is 11.4 Å². The number of hydrogen-bond acceptors (Lipinski definition) is 5. The Morgan fingerprint density at radius 1 is 1.33 bits per heavy atom. The number of phenols is 1. The van der Waals surface area contributed by atoms with Crippen LogP contribution in [-0.4, -0.2) is 26.8 Å². The van der Waals surface area contributed by atoms with E-state index >= 15 is 0 Å². The van der Waals surface area contributed by atoms with Gasteiger partial charge in [-0.15, -0.1) is 0 Å². The number of nitrogen functional groups attached to an aromatic ring is 1. The molecule has 6 nitrogen and oxygen atoms in total. The van der Waals surface area contributed by atoms with Gasteiger partial charge < -0.3 is 21.1 Å². The highest BCUT2D eigenvalue weighted by atomic mass is 19.1. The van der Waals surface area contributed by atoms with Gasteiger partial charge in [0, 0.05) is 30.0 Å². The lowest BCUT2D eigenvalue weighted by atomic mass is 9.93. The predicted molar refractivity (Wildman–Crippen MR) is 116 cm³/mol. The van der Waals surface area contributed by atoms with Gasteiger partial charge >= 0.3 is 0 Å². The number of nitrogens with one attached hydrogen (secondary N) is 3. The molecule has 1 aromatic heterocycles. The number of aryl methyl sites for hydroxylation is 1. The number of imidazole rings is 1. The SMILES string of the molecule is CCc1cc(O)c(F)cc1-c1ccc(C(=N)c2nc(CNC3CCC3)c[nH]2)c(N)c1. The summed E-state index contributed by atoms with van der Waals surface area (Å²) >= 11 is 0. The fourth-order valence-corrected chi connectivity index (χ4v) is 3.69. The van der Waals surface area contributed by atoms with Crippen molar-refractivity contribution in [2.45, 2.75) is 45.2 Å². The maximum atomic E-state index is 13.9. The van der Waals surface area contributed by atoms with Crippen molar-refractivity contribution in [3.8, 4) is 16.9 Å². The van der Waals surface area contributed by atoms with E-state index in [9.17, 15) is 9.50 Å². The molecule has 1 fully saturated rings. The maximum Gasteiger partial charge on any atom is 0.165 e. The topological polar surface area (TPSA) is 111 Å². The van der Waals surface area contributed by atoms with Crippen LogP contribution in [0.3, 0.4) is 0 Å². The van der Waals surface area contributed by atoms with E-state index in [1.807, 2.05) is 19.2 Å². The smallest absolute Gasteiger partial charge is 0.165 e. The summed E-state index contributed by atoms with van der Waals surface area (Å²) in [4.78, 5) is 7.57. The van der Waals surface area contributed by atoms with Gasteiger partial charge in [0.05, 0.1) is 5.69 Å². The number of benzene rings is 2. The van der Waals surface area contributed by atoms with Crippen LogP contribution in [0.15, 0.2) is 36.5 Å². The molecule has 0 unspecified atom stereocenters. The molecule has 156 valence electrons. The molecular weight excluding hydrogens is 381 g/mol. The number of anilines is 1. The van der Waals surface area contributed by atoms with Gasteiger partial charge in [0.1, 0.15) is 5.71 Å². The lowest BCUT2D eigenvalue weighted by Gasteiger charge is -2.26. The van der Waals surface area contributed by atoms with Crippen LogP contribution in [0, 0.1) is 11.2 Å². The van der Waals surface area contributed by atoms with Crippen LogP contribution in [0.5, 0.6) is 5.75 Å². The molecule has 1 heterocycles. The number of halogens is 1. The second kappa shape index (κ2) is 8.28. The van der Waals surface area contributed by atoms with E-state index in [1.165, 1.54) is 31.4 Å². The van der Waals surface area contributed by atoms with E-state index in [4.69, 9.17) is 11.1 Å². The largest absolute Gasteiger partial charge is 0.505 e. The van der Waals surface area contributed by atoms with Gasteiger partial charge in [-0.25, -0.2) is 9.37 Å².